The molecule has 7 heteroatoms. The van der Waals surface area contributed by atoms with Crippen LogP contribution < -0.4 is 5.32 Å². The molecule has 1 N–H and O–H groups in total. The molecule has 0 aliphatic carbocycles. The third-order valence-electron chi connectivity index (χ3n) is 5.65. The lowest BCUT2D eigenvalue weighted by atomic mass is 10.0. The highest BCUT2D eigenvalue weighted by molar-refractivity contribution is 5.90. The Labute approximate surface area is 181 Å². The second-order valence-corrected chi connectivity index (χ2v) is 7.76. The van der Waals surface area contributed by atoms with Crippen molar-refractivity contribution in [2.24, 2.45) is 0 Å². The number of hydrogen-bond acceptors (Lipinski definition) is 5. The highest BCUT2D eigenvalue weighted by Crippen LogP contribution is 2.24. The predicted octanol–water partition coefficient (Wildman–Crippen LogP) is 3.32. The molecule has 1 saturated heterocycles. The van der Waals surface area contributed by atoms with E-state index in [9.17, 15) is 9.59 Å². The molecule has 1 aliphatic rings. The number of aromatic nitrogens is 1. The number of esters is 1. The van der Waals surface area contributed by atoms with Gasteiger partial charge in [-0.25, -0.2) is 4.79 Å². The minimum absolute atomic E-state index is 0.0255. The minimum Gasteiger partial charge on any atom is -0.464 e. The molecule has 31 heavy (non-hydrogen) atoms. The van der Waals surface area contributed by atoms with Crippen LogP contribution >= 0.6 is 0 Å². The molecular formula is C24H27N3O4. The van der Waals surface area contributed by atoms with Crippen LogP contribution in [-0.2, 0) is 22.6 Å². The summed E-state index contributed by atoms with van der Waals surface area (Å²) >= 11 is 0. The molecule has 2 aromatic heterocycles. The first-order chi connectivity index (χ1) is 15.1. The van der Waals surface area contributed by atoms with E-state index in [0.29, 0.717) is 17.1 Å². The molecule has 0 unspecified atom stereocenters. The summed E-state index contributed by atoms with van der Waals surface area (Å²) in [5.41, 5.74) is 2.29. The van der Waals surface area contributed by atoms with Crippen molar-refractivity contribution < 1.29 is 18.7 Å². The number of piperidine rings is 1. The first-order valence-corrected chi connectivity index (χ1v) is 10.5. The number of nitrogens with one attached hydrogen (secondary N) is 1. The van der Waals surface area contributed by atoms with Crippen LogP contribution in [0.3, 0.4) is 0 Å². The van der Waals surface area contributed by atoms with Gasteiger partial charge in [0.05, 0.1) is 19.1 Å². The number of carbonyl (C=O) groups is 2. The lowest BCUT2D eigenvalue weighted by Gasteiger charge is -2.32. The smallest absolute Gasteiger partial charge is 0.354 e. The Kier molecular flexibility index (Phi) is 6.52. The van der Waals surface area contributed by atoms with Gasteiger partial charge in [0.15, 0.2) is 0 Å². The SMILES string of the molecule is COC(=O)c1ccc(-c2ccco2)n1CC(=O)NC1CCN(Cc2ccccc2)CC1. The fraction of sp³-hybridized carbons (Fsp3) is 0.333. The summed E-state index contributed by atoms with van der Waals surface area (Å²) in [6.07, 6.45) is 3.37. The van der Waals surface area contributed by atoms with Crippen LogP contribution in [0, 0.1) is 0 Å². The van der Waals surface area contributed by atoms with Crippen molar-refractivity contribution in [3.8, 4) is 11.5 Å². The molecule has 3 heterocycles. The van der Waals surface area contributed by atoms with Crippen molar-refractivity contribution in [2.45, 2.75) is 32.0 Å². The molecule has 0 spiro atoms. The highest BCUT2D eigenvalue weighted by Gasteiger charge is 2.23. The van der Waals surface area contributed by atoms with Crippen LogP contribution in [0.25, 0.3) is 11.5 Å². The number of carbonyl (C=O) groups excluding carboxylic acids is 2. The van der Waals surface area contributed by atoms with E-state index in [4.69, 9.17) is 9.15 Å². The Bertz CT molecular complexity index is 1000. The number of methoxy groups -OCH3 is 1. The zero-order valence-electron chi connectivity index (χ0n) is 17.6. The number of amides is 1. The normalized spacial score (nSPS) is 15.0. The van der Waals surface area contributed by atoms with Crippen molar-refractivity contribution in [2.75, 3.05) is 20.2 Å². The molecule has 0 radical (unpaired) electrons. The molecule has 7 nitrogen and oxygen atoms in total. The molecule has 1 fully saturated rings. The Morgan fingerprint density at radius 1 is 1.06 bits per heavy atom. The maximum Gasteiger partial charge on any atom is 0.354 e. The van der Waals surface area contributed by atoms with Gasteiger partial charge in [0, 0.05) is 25.7 Å². The van der Waals surface area contributed by atoms with E-state index in [1.165, 1.54) is 12.7 Å². The number of benzene rings is 1. The summed E-state index contributed by atoms with van der Waals surface area (Å²) in [6, 6.07) is 17.5. The maximum atomic E-state index is 12.8. The molecule has 1 amide bonds. The number of ether oxygens (including phenoxy) is 1. The summed E-state index contributed by atoms with van der Waals surface area (Å²) in [7, 11) is 1.33. The minimum atomic E-state index is -0.486. The molecule has 0 saturated carbocycles. The number of likely N-dealkylation sites (tertiary alicyclic amines) is 1. The zero-order valence-corrected chi connectivity index (χ0v) is 17.6. The molecule has 4 rings (SSSR count). The van der Waals surface area contributed by atoms with Crippen molar-refractivity contribution in [1.82, 2.24) is 14.8 Å². The van der Waals surface area contributed by atoms with E-state index in [1.54, 1.807) is 35.1 Å². The summed E-state index contributed by atoms with van der Waals surface area (Å²) in [5.74, 6) is -0.0207. The highest BCUT2D eigenvalue weighted by atomic mass is 16.5. The zero-order chi connectivity index (χ0) is 21.6. The Hall–Kier alpha value is -3.32. The molecule has 0 bridgehead atoms. The topological polar surface area (TPSA) is 76.7 Å². The average molecular weight is 421 g/mol. The van der Waals surface area contributed by atoms with Gasteiger partial charge in [-0.2, -0.15) is 0 Å². The van der Waals surface area contributed by atoms with Crippen molar-refractivity contribution >= 4 is 11.9 Å². The summed E-state index contributed by atoms with van der Waals surface area (Å²) in [5, 5.41) is 3.13. The number of nitrogens with zero attached hydrogens (tertiary/aromatic N) is 2. The monoisotopic (exact) mass is 421 g/mol. The van der Waals surface area contributed by atoms with E-state index in [0.717, 1.165) is 32.5 Å². The van der Waals surface area contributed by atoms with E-state index in [2.05, 4.69) is 34.5 Å². The molecule has 1 aliphatic heterocycles. The Morgan fingerprint density at radius 3 is 2.52 bits per heavy atom. The first kappa shape index (κ1) is 20.9. The molecule has 162 valence electrons. The van der Waals surface area contributed by atoms with Gasteiger partial charge in [0.25, 0.3) is 0 Å². The molecule has 0 atom stereocenters. The van der Waals surface area contributed by atoms with Crippen LogP contribution in [0.15, 0.2) is 65.3 Å². The van der Waals surface area contributed by atoms with Crippen molar-refractivity contribution in [3.05, 3.63) is 72.1 Å². The second-order valence-electron chi connectivity index (χ2n) is 7.76. The predicted molar refractivity (Wildman–Crippen MR) is 116 cm³/mol. The van der Waals surface area contributed by atoms with Gasteiger partial charge in [-0.05, 0) is 42.7 Å². The molecular weight excluding hydrogens is 394 g/mol. The lowest BCUT2D eigenvalue weighted by molar-refractivity contribution is -0.122. The van der Waals surface area contributed by atoms with Crippen LogP contribution in [0.1, 0.15) is 28.9 Å². The van der Waals surface area contributed by atoms with E-state index in [-0.39, 0.29) is 18.5 Å². The van der Waals surface area contributed by atoms with Crippen molar-refractivity contribution in [3.63, 3.8) is 0 Å². The van der Waals surface area contributed by atoms with Gasteiger partial charge in [-0.3, -0.25) is 9.69 Å². The fourth-order valence-electron chi connectivity index (χ4n) is 4.05. The standard InChI is InChI=1S/C24H27N3O4/c1-30-24(29)21-10-9-20(22-8-5-15-31-22)27(21)17-23(28)25-19-11-13-26(14-12-19)16-18-6-3-2-4-7-18/h2-10,15,19H,11-14,16-17H2,1H3,(H,25,28). The Balaban J connectivity index is 1.36. The van der Waals surface area contributed by atoms with Gasteiger partial charge < -0.3 is 19.0 Å². The Morgan fingerprint density at radius 2 is 1.84 bits per heavy atom. The van der Waals surface area contributed by atoms with Crippen LogP contribution in [0.5, 0.6) is 0 Å². The van der Waals surface area contributed by atoms with E-state index < -0.39 is 5.97 Å². The van der Waals surface area contributed by atoms with Gasteiger partial charge in [0.1, 0.15) is 18.0 Å². The largest absolute Gasteiger partial charge is 0.464 e. The average Bonchev–Trinajstić information content (AvgIpc) is 3.45. The quantitative estimate of drug-likeness (QED) is 0.593. The first-order valence-electron chi connectivity index (χ1n) is 10.5. The van der Waals surface area contributed by atoms with Gasteiger partial charge in [-0.15, -0.1) is 0 Å². The third-order valence-corrected chi connectivity index (χ3v) is 5.65. The fourth-order valence-corrected chi connectivity index (χ4v) is 4.05. The van der Waals surface area contributed by atoms with Gasteiger partial charge >= 0.3 is 5.97 Å². The van der Waals surface area contributed by atoms with Gasteiger partial charge in [0.2, 0.25) is 5.91 Å². The van der Waals surface area contributed by atoms with E-state index in [1.807, 2.05) is 6.07 Å². The third kappa shape index (κ3) is 5.06. The number of furan rings is 1. The van der Waals surface area contributed by atoms with Gasteiger partial charge in [-0.1, -0.05) is 30.3 Å². The lowest BCUT2D eigenvalue weighted by Crippen LogP contribution is -2.45. The van der Waals surface area contributed by atoms with Crippen LogP contribution in [0.2, 0.25) is 0 Å². The number of hydrogen-bond donors (Lipinski definition) is 1. The summed E-state index contributed by atoms with van der Waals surface area (Å²) < 4.78 is 12.0. The second kappa shape index (κ2) is 9.66. The number of rotatable bonds is 7. The van der Waals surface area contributed by atoms with Crippen LogP contribution in [-0.4, -0.2) is 47.6 Å². The maximum absolute atomic E-state index is 12.8. The molecule has 3 aromatic rings. The van der Waals surface area contributed by atoms with E-state index >= 15 is 0 Å². The molecule has 1 aromatic carbocycles. The van der Waals surface area contributed by atoms with Crippen LogP contribution in [0.4, 0.5) is 0 Å². The van der Waals surface area contributed by atoms with Crippen molar-refractivity contribution in [1.29, 1.82) is 0 Å². The summed E-state index contributed by atoms with van der Waals surface area (Å²) in [6.45, 7) is 2.83. The summed E-state index contributed by atoms with van der Waals surface area (Å²) in [4.78, 5) is 27.4.